The second-order valence-corrected chi connectivity index (χ2v) is 9.33. The van der Waals surface area contributed by atoms with Gasteiger partial charge in [0.25, 0.3) is 0 Å². The standard InChI is InChI=1S/C26H34N6O4/c27-26(28)29-11-3-7-19(16-33)31-24(34)23-8-4-12-32(23)25(35)22-14-21(15-30-22)36-20-10-9-17-5-1-2-6-18(17)13-20/h1-2,5-6,9-10,13,16,19,21-23,30H,3-4,7-8,11-12,14-15H2,(H,31,34)(H4,27,28,29)/t19-,21-,22+,23-/m0/s1. The molecule has 0 bridgehead atoms. The van der Waals surface area contributed by atoms with Crippen molar-refractivity contribution in [3.05, 3.63) is 42.5 Å². The molecule has 10 heteroatoms. The highest BCUT2D eigenvalue weighted by molar-refractivity contribution is 5.91. The average molecular weight is 495 g/mol. The largest absolute Gasteiger partial charge is 0.489 e. The molecule has 2 saturated heterocycles. The Balaban J connectivity index is 1.29. The number of benzene rings is 2. The van der Waals surface area contributed by atoms with Crippen molar-refractivity contribution in [1.82, 2.24) is 15.5 Å². The summed E-state index contributed by atoms with van der Waals surface area (Å²) in [6.45, 7) is 1.45. The van der Waals surface area contributed by atoms with Crippen LogP contribution in [0.2, 0.25) is 0 Å². The Morgan fingerprint density at radius 2 is 2.03 bits per heavy atom. The van der Waals surface area contributed by atoms with E-state index in [2.05, 4.69) is 21.7 Å². The monoisotopic (exact) mass is 494 g/mol. The Hall–Kier alpha value is -3.66. The summed E-state index contributed by atoms with van der Waals surface area (Å²) in [7, 11) is 0. The number of guanidine groups is 1. The Morgan fingerprint density at radius 1 is 1.22 bits per heavy atom. The number of ether oxygens (including phenoxy) is 1. The van der Waals surface area contributed by atoms with Crippen molar-refractivity contribution in [2.24, 2.45) is 16.5 Å². The number of nitrogens with two attached hydrogens (primary N) is 2. The van der Waals surface area contributed by atoms with Crippen LogP contribution in [0.15, 0.2) is 47.5 Å². The van der Waals surface area contributed by atoms with Crippen LogP contribution in [0.25, 0.3) is 10.8 Å². The number of aldehydes is 1. The van der Waals surface area contributed by atoms with E-state index in [0.717, 1.165) is 22.9 Å². The third kappa shape index (κ3) is 6.31. The fourth-order valence-electron chi connectivity index (χ4n) is 4.89. The van der Waals surface area contributed by atoms with Crippen molar-refractivity contribution >= 4 is 34.8 Å². The van der Waals surface area contributed by atoms with Gasteiger partial charge in [0.1, 0.15) is 24.2 Å². The van der Waals surface area contributed by atoms with Crippen LogP contribution in [0.4, 0.5) is 0 Å². The van der Waals surface area contributed by atoms with Crippen LogP contribution < -0.4 is 26.8 Å². The normalized spacial score (nSPS) is 22.2. The highest BCUT2D eigenvalue weighted by atomic mass is 16.5. The minimum absolute atomic E-state index is 0.00720. The molecule has 0 spiro atoms. The van der Waals surface area contributed by atoms with Crippen LogP contribution in [0.1, 0.15) is 32.1 Å². The molecule has 4 atom stereocenters. The lowest BCUT2D eigenvalue weighted by Gasteiger charge is -2.27. The van der Waals surface area contributed by atoms with Gasteiger partial charge in [-0.25, -0.2) is 0 Å². The number of likely N-dealkylation sites (tertiary alicyclic amines) is 1. The molecule has 0 aliphatic carbocycles. The lowest BCUT2D eigenvalue weighted by molar-refractivity contribution is -0.140. The first-order chi connectivity index (χ1) is 17.4. The van der Waals surface area contributed by atoms with Crippen molar-refractivity contribution in [2.45, 2.75) is 56.3 Å². The smallest absolute Gasteiger partial charge is 0.243 e. The van der Waals surface area contributed by atoms with E-state index in [9.17, 15) is 14.4 Å². The molecule has 2 aromatic carbocycles. The van der Waals surface area contributed by atoms with Gasteiger partial charge in [-0.2, -0.15) is 0 Å². The van der Waals surface area contributed by atoms with Gasteiger partial charge in [-0.1, -0.05) is 30.3 Å². The molecule has 2 amide bonds. The molecule has 2 aliphatic heterocycles. The van der Waals surface area contributed by atoms with Crippen molar-refractivity contribution in [2.75, 3.05) is 19.6 Å². The van der Waals surface area contributed by atoms with E-state index in [-0.39, 0.29) is 23.9 Å². The van der Waals surface area contributed by atoms with E-state index in [4.69, 9.17) is 16.2 Å². The van der Waals surface area contributed by atoms with E-state index < -0.39 is 18.1 Å². The minimum Gasteiger partial charge on any atom is -0.489 e. The summed E-state index contributed by atoms with van der Waals surface area (Å²) in [5.41, 5.74) is 10.6. The maximum Gasteiger partial charge on any atom is 0.243 e. The molecule has 0 aromatic heterocycles. The van der Waals surface area contributed by atoms with Gasteiger partial charge >= 0.3 is 0 Å². The zero-order chi connectivity index (χ0) is 25.5. The summed E-state index contributed by atoms with van der Waals surface area (Å²) in [6.07, 6.45) is 3.38. The second-order valence-electron chi connectivity index (χ2n) is 9.33. The lowest BCUT2D eigenvalue weighted by Crippen LogP contribution is -2.52. The minimum atomic E-state index is -0.645. The lowest BCUT2D eigenvalue weighted by atomic mass is 10.1. The molecule has 192 valence electrons. The van der Waals surface area contributed by atoms with Crippen LogP contribution in [0.3, 0.4) is 0 Å². The molecule has 10 nitrogen and oxygen atoms in total. The molecule has 4 rings (SSSR count). The number of nitrogens with zero attached hydrogens (tertiary/aromatic N) is 2. The van der Waals surface area contributed by atoms with E-state index in [1.165, 1.54) is 0 Å². The van der Waals surface area contributed by atoms with Gasteiger partial charge in [-0.3, -0.25) is 14.6 Å². The van der Waals surface area contributed by atoms with E-state index >= 15 is 0 Å². The zero-order valence-electron chi connectivity index (χ0n) is 20.3. The highest BCUT2D eigenvalue weighted by Gasteiger charge is 2.40. The molecule has 36 heavy (non-hydrogen) atoms. The second kappa shape index (κ2) is 11.9. The van der Waals surface area contributed by atoms with Crippen LogP contribution in [-0.4, -0.2) is 72.8 Å². The number of nitrogens with one attached hydrogen (secondary N) is 2. The first-order valence-corrected chi connectivity index (χ1v) is 12.4. The number of carbonyl (C=O) groups is 3. The van der Waals surface area contributed by atoms with Gasteiger partial charge in [0.15, 0.2) is 5.96 Å². The maximum absolute atomic E-state index is 13.3. The third-order valence-corrected chi connectivity index (χ3v) is 6.71. The molecule has 2 fully saturated rings. The summed E-state index contributed by atoms with van der Waals surface area (Å²) < 4.78 is 6.15. The fourth-order valence-corrected chi connectivity index (χ4v) is 4.89. The number of hydrogen-bond donors (Lipinski definition) is 4. The Bertz CT molecular complexity index is 1120. The zero-order valence-corrected chi connectivity index (χ0v) is 20.3. The number of carbonyl (C=O) groups excluding carboxylic acids is 3. The highest BCUT2D eigenvalue weighted by Crippen LogP contribution is 2.25. The average Bonchev–Trinajstić information content (AvgIpc) is 3.55. The van der Waals surface area contributed by atoms with E-state index in [1.807, 2.05) is 36.4 Å². The van der Waals surface area contributed by atoms with Gasteiger partial charge in [-0.15, -0.1) is 0 Å². The topological polar surface area (TPSA) is 152 Å². The molecular weight excluding hydrogens is 460 g/mol. The Labute approximate surface area is 210 Å². The predicted octanol–water partition coefficient (Wildman–Crippen LogP) is 0.677. The van der Waals surface area contributed by atoms with Gasteiger partial charge in [0.2, 0.25) is 11.8 Å². The number of hydrogen-bond acceptors (Lipinski definition) is 6. The Morgan fingerprint density at radius 3 is 2.81 bits per heavy atom. The van der Waals surface area contributed by atoms with Crippen molar-refractivity contribution in [3.8, 4) is 5.75 Å². The van der Waals surface area contributed by atoms with Crippen molar-refractivity contribution < 1.29 is 19.1 Å². The van der Waals surface area contributed by atoms with Crippen LogP contribution in [0.5, 0.6) is 5.75 Å². The summed E-state index contributed by atoms with van der Waals surface area (Å²) in [5.74, 6) is 0.355. The van der Waals surface area contributed by atoms with Gasteiger partial charge in [-0.05, 0) is 48.6 Å². The van der Waals surface area contributed by atoms with Gasteiger partial charge in [0.05, 0.1) is 12.1 Å². The number of rotatable bonds is 10. The SMILES string of the molecule is NC(N)=NCCC[C@@H](C=O)NC(=O)[C@@H]1CCCN1C(=O)[C@H]1C[C@H](Oc2ccc3ccccc3c2)CN1. The Kier molecular flexibility index (Phi) is 8.37. The van der Waals surface area contributed by atoms with Crippen LogP contribution >= 0.6 is 0 Å². The molecule has 2 heterocycles. The van der Waals surface area contributed by atoms with Gasteiger partial charge in [0, 0.05) is 26.1 Å². The van der Waals surface area contributed by atoms with E-state index in [1.54, 1.807) is 4.90 Å². The summed E-state index contributed by atoms with van der Waals surface area (Å²) in [5, 5.41) is 8.28. The summed E-state index contributed by atoms with van der Waals surface area (Å²) in [6, 6.07) is 12.4. The predicted molar refractivity (Wildman–Crippen MR) is 137 cm³/mol. The first kappa shape index (κ1) is 25.4. The maximum atomic E-state index is 13.3. The van der Waals surface area contributed by atoms with Gasteiger partial charge < -0.3 is 36.5 Å². The quantitative estimate of drug-likeness (QED) is 0.164. The van der Waals surface area contributed by atoms with Crippen LogP contribution in [-0.2, 0) is 14.4 Å². The number of aliphatic imine (C=N–C) groups is 1. The number of fused-ring (bicyclic) bond motifs is 1. The van der Waals surface area contributed by atoms with Crippen molar-refractivity contribution in [3.63, 3.8) is 0 Å². The number of amides is 2. The van der Waals surface area contributed by atoms with Crippen molar-refractivity contribution in [1.29, 1.82) is 0 Å². The molecule has 6 N–H and O–H groups in total. The summed E-state index contributed by atoms with van der Waals surface area (Å²) in [4.78, 5) is 43.2. The fraction of sp³-hybridized carbons (Fsp3) is 0.462. The molecule has 2 aliphatic rings. The molecular formula is C26H34N6O4. The molecule has 0 radical (unpaired) electrons. The first-order valence-electron chi connectivity index (χ1n) is 12.4. The van der Waals surface area contributed by atoms with Crippen LogP contribution in [0, 0.1) is 0 Å². The molecule has 2 aromatic rings. The van der Waals surface area contributed by atoms with E-state index in [0.29, 0.717) is 51.6 Å². The molecule has 0 saturated carbocycles. The molecule has 0 unspecified atom stereocenters. The summed E-state index contributed by atoms with van der Waals surface area (Å²) >= 11 is 0. The third-order valence-electron chi connectivity index (χ3n) is 6.71.